The lowest BCUT2D eigenvalue weighted by Gasteiger charge is -2.42. The van der Waals surface area contributed by atoms with Crippen molar-refractivity contribution in [2.24, 2.45) is 5.92 Å². The summed E-state index contributed by atoms with van der Waals surface area (Å²) in [7, 11) is 0. The number of amides is 1. The number of thiocarbonyl (C=S) groups is 1. The van der Waals surface area contributed by atoms with Crippen LogP contribution < -0.4 is 5.32 Å². The maximum Gasteiger partial charge on any atom is 0.410 e. The van der Waals surface area contributed by atoms with Gasteiger partial charge in [-0.3, -0.25) is 0 Å². The number of hydrogen-bond acceptors (Lipinski definition) is 3. The molecule has 2 fully saturated rings. The third kappa shape index (κ3) is 3.34. The van der Waals surface area contributed by atoms with Crippen molar-refractivity contribution in [3.05, 3.63) is 0 Å². The Morgan fingerprint density at radius 2 is 2.17 bits per heavy atom. The molecule has 102 valence electrons. The van der Waals surface area contributed by atoms with Crippen molar-refractivity contribution in [3.8, 4) is 0 Å². The fourth-order valence-corrected chi connectivity index (χ4v) is 2.87. The minimum absolute atomic E-state index is 0.186. The topological polar surface area (TPSA) is 41.6 Å². The second-order valence-corrected chi connectivity index (χ2v) is 6.68. The maximum atomic E-state index is 12.0. The Labute approximate surface area is 114 Å². The van der Waals surface area contributed by atoms with E-state index in [4.69, 9.17) is 17.0 Å². The Morgan fingerprint density at radius 1 is 1.44 bits per heavy atom. The number of carbonyl (C=O) groups is 1. The Morgan fingerprint density at radius 3 is 2.83 bits per heavy atom. The predicted molar refractivity (Wildman–Crippen MR) is 74.7 cm³/mol. The number of nitrogens with zero attached hydrogens (tertiary/aromatic N) is 1. The molecule has 0 spiro atoms. The molecule has 1 N–H and O–H groups in total. The molecule has 0 aliphatic carbocycles. The second kappa shape index (κ2) is 5.03. The van der Waals surface area contributed by atoms with E-state index in [1.807, 2.05) is 25.7 Å². The molecule has 5 heteroatoms. The molecule has 0 aromatic carbocycles. The highest BCUT2D eigenvalue weighted by Gasteiger charge is 2.35. The van der Waals surface area contributed by atoms with Crippen LogP contribution in [0.1, 0.15) is 40.0 Å². The highest BCUT2D eigenvalue weighted by atomic mass is 32.1. The summed E-state index contributed by atoms with van der Waals surface area (Å²) in [5, 5.41) is 3.38. The first-order valence-electron chi connectivity index (χ1n) is 6.62. The van der Waals surface area contributed by atoms with E-state index in [0.717, 1.165) is 37.3 Å². The van der Waals surface area contributed by atoms with E-state index in [1.54, 1.807) is 0 Å². The molecule has 4 nitrogen and oxygen atoms in total. The summed E-state index contributed by atoms with van der Waals surface area (Å²) < 4.78 is 5.42. The highest BCUT2D eigenvalue weighted by molar-refractivity contribution is 7.80. The van der Waals surface area contributed by atoms with Gasteiger partial charge < -0.3 is 15.0 Å². The minimum atomic E-state index is -0.416. The third-order valence-corrected chi connectivity index (χ3v) is 3.80. The van der Waals surface area contributed by atoms with E-state index >= 15 is 0 Å². The number of rotatable bonds is 0. The normalized spacial score (nSPS) is 28.4. The summed E-state index contributed by atoms with van der Waals surface area (Å²) in [6, 6.07) is 0.449. The Balaban J connectivity index is 1.91. The molecule has 0 saturated carbocycles. The largest absolute Gasteiger partial charge is 0.444 e. The molecule has 18 heavy (non-hydrogen) atoms. The zero-order chi connectivity index (χ0) is 13.3. The van der Waals surface area contributed by atoms with Gasteiger partial charge in [0.05, 0.1) is 4.99 Å². The van der Waals surface area contributed by atoms with Crippen molar-refractivity contribution in [1.29, 1.82) is 0 Å². The Hall–Kier alpha value is -0.840. The zero-order valence-corrected chi connectivity index (χ0v) is 12.2. The van der Waals surface area contributed by atoms with Crippen LogP contribution in [-0.2, 0) is 4.74 Å². The first-order chi connectivity index (χ1) is 8.35. The number of fused-ring (bicyclic) bond motifs is 1. The maximum absolute atomic E-state index is 12.0. The molecule has 0 aromatic heterocycles. The van der Waals surface area contributed by atoms with Crippen LogP contribution in [0.15, 0.2) is 0 Å². The molecule has 2 aliphatic heterocycles. The van der Waals surface area contributed by atoms with Crippen molar-refractivity contribution in [2.75, 3.05) is 13.1 Å². The molecular weight excluding hydrogens is 248 g/mol. The lowest BCUT2D eigenvalue weighted by atomic mass is 9.85. The van der Waals surface area contributed by atoms with Gasteiger partial charge in [-0.1, -0.05) is 12.2 Å². The van der Waals surface area contributed by atoms with Crippen molar-refractivity contribution < 1.29 is 9.53 Å². The van der Waals surface area contributed by atoms with Crippen LogP contribution >= 0.6 is 12.2 Å². The van der Waals surface area contributed by atoms with E-state index in [2.05, 4.69) is 5.32 Å². The van der Waals surface area contributed by atoms with Gasteiger partial charge in [0.2, 0.25) is 0 Å². The van der Waals surface area contributed by atoms with E-state index in [9.17, 15) is 4.79 Å². The first kappa shape index (κ1) is 13.6. The summed E-state index contributed by atoms with van der Waals surface area (Å²) in [6.45, 7) is 7.25. The van der Waals surface area contributed by atoms with Gasteiger partial charge in [-0.2, -0.15) is 0 Å². The molecule has 2 rings (SSSR count). The summed E-state index contributed by atoms with van der Waals surface area (Å²) in [4.78, 5) is 14.8. The van der Waals surface area contributed by atoms with E-state index < -0.39 is 5.60 Å². The zero-order valence-electron chi connectivity index (χ0n) is 11.4. The molecule has 0 bridgehead atoms. The smallest absolute Gasteiger partial charge is 0.410 e. The molecule has 2 heterocycles. The van der Waals surface area contributed by atoms with Crippen LogP contribution in [0.25, 0.3) is 0 Å². The SMILES string of the molecule is CC(C)(C)OC(=O)N1CCC2NC(=S)CCC2C1. The van der Waals surface area contributed by atoms with Gasteiger partial charge in [0.1, 0.15) is 5.60 Å². The molecule has 0 aromatic rings. The molecule has 2 atom stereocenters. The molecule has 2 aliphatic rings. The van der Waals surface area contributed by atoms with Crippen LogP contribution in [0, 0.1) is 5.92 Å². The first-order valence-corrected chi connectivity index (χ1v) is 7.03. The van der Waals surface area contributed by atoms with Crippen LogP contribution in [0.2, 0.25) is 0 Å². The number of likely N-dealkylation sites (tertiary alicyclic amines) is 1. The minimum Gasteiger partial charge on any atom is -0.444 e. The standard InChI is InChI=1S/C13H22N2O2S/c1-13(2,3)17-12(16)15-7-6-10-9(8-15)4-5-11(18)14-10/h9-10H,4-8H2,1-3H3,(H,14,18). The fraction of sp³-hybridized carbons (Fsp3) is 0.846. The predicted octanol–water partition coefficient (Wildman–Crippen LogP) is 2.32. The Kier molecular flexibility index (Phi) is 3.80. The monoisotopic (exact) mass is 270 g/mol. The third-order valence-electron chi connectivity index (χ3n) is 3.47. The van der Waals surface area contributed by atoms with Gasteiger partial charge >= 0.3 is 6.09 Å². The van der Waals surface area contributed by atoms with Crippen LogP contribution in [0.4, 0.5) is 4.79 Å². The van der Waals surface area contributed by atoms with Crippen molar-refractivity contribution >= 4 is 23.3 Å². The molecule has 0 radical (unpaired) electrons. The number of nitrogens with one attached hydrogen (secondary N) is 1. The Bertz CT molecular complexity index is 351. The van der Waals surface area contributed by atoms with Crippen LogP contribution in [-0.4, -0.2) is 40.7 Å². The molecule has 1 amide bonds. The number of carbonyl (C=O) groups excluding carboxylic acids is 1. The number of ether oxygens (including phenoxy) is 1. The van der Waals surface area contributed by atoms with Gasteiger partial charge in [0.25, 0.3) is 0 Å². The van der Waals surface area contributed by atoms with Crippen molar-refractivity contribution in [2.45, 2.75) is 51.7 Å². The summed E-state index contributed by atoms with van der Waals surface area (Å²) in [5.74, 6) is 0.512. The lowest BCUT2D eigenvalue weighted by Crippen LogP contribution is -2.55. The summed E-state index contributed by atoms with van der Waals surface area (Å²) >= 11 is 5.21. The molecule has 2 unspecified atom stereocenters. The van der Waals surface area contributed by atoms with Gasteiger partial charge in [-0.15, -0.1) is 0 Å². The quantitative estimate of drug-likeness (QED) is 0.686. The lowest BCUT2D eigenvalue weighted by molar-refractivity contribution is 0.0129. The molecular formula is C13H22N2O2S. The van der Waals surface area contributed by atoms with Crippen LogP contribution in [0.5, 0.6) is 0 Å². The van der Waals surface area contributed by atoms with E-state index in [-0.39, 0.29) is 6.09 Å². The highest BCUT2D eigenvalue weighted by Crippen LogP contribution is 2.26. The summed E-state index contributed by atoms with van der Waals surface area (Å²) in [5.41, 5.74) is -0.416. The van der Waals surface area contributed by atoms with Gasteiger partial charge in [-0.25, -0.2) is 4.79 Å². The van der Waals surface area contributed by atoms with Crippen LogP contribution in [0.3, 0.4) is 0 Å². The van der Waals surface area contributed by atoms with Crippen molar-refractivity contribution in [1.82, 2.24) is 10.2 Å². The van der Waals surface area contributed by atoms with Gasteiger partial charge in [0, 0.05) is 19.1 Å². The fourth-order valence-electron chi connectivity index (χ4n) is 2.60. The molecule has 2 saturated heterocycles. The number of piperidine rings is 2. The van der Waals surface area contributed by atoms with E-state index in [0.29, 0.717) is 12.0 Å². The second-order valence-electron chi connectivity index (χ2n) is 6.19. The van der Waals surface area contributed by atoms with Gasteiger partial charge in [-0.05, 0) is 46.0 Å². The van der Waals surface area contributed by atoms with Gasteiger partial charge in [0.15, 0.2) is 0 Å². The average Bonchev–Trinajstić information content (AvgIpc) is 2.26. The van der Waals surface area contributed by atoms with E-state index in [1.165, 1.54) is 0 Å². The summed E-state index contributed by atoms with van der Waals surface area (Å²) in [6.07, 6.45) is 2.80. The van der Waals surface area contributed by atoms with Crippen molar-refractivity contribution in [3.63, 3.8) is 0 Å². The average molecular weight is 270 g/mol. The number of hydrogen-bond donors (Lipinski definition) is 1.